The van der Waals surface area contributed by atoms with Crippen molar-refractivity contribution >= 4 is 56.2 Å². The number of hydrogen-bond donors (Lipinski definition) is 2. The Hall–Kier alpha value is -1.10. The number of halogens is 3. The molecule has 3 N–H and O–H groups in total. The number of nitrogens with one attached hydrogen (secondary N) is 1. The van der Waals surface area contributed by atoms with Gasteiger partial charge in [-0.2, -0.15) is 0 Å². The summed E-state index contributed by atoms with van der Waals surface area (Å²) in [5.74, 6) is 0. The van der Waals surface area contributed by atoms with Crippen LogP contribution in [0.4, 0.5) is 17.1 Å². The highest BCUT2D eigenvalue weighted by molar-refractivity contribution is 9.10. The van der Waals surface area contributed by atoms with Gasteiger partial charge in [0.05, 0.1) is 21.4 Å². The summed E-state index contributed by atoms with van der Waals surface area (Å²) >= 11 is 15.6. The number of benzene rings is 2. The van der Waals surface area contributed by atoms with Gasteiger partial charge in [-0.1, -0.05) is 29.3 Å². The van der Waals surface area contributed by atoms with Gasteiger partial charge in [-0.15, -0.1) is 0 Å². The van der Waals surface area contributed by atoms with Crippen LogP contribution in [-0.2, 0) is 6.54 Å². The fourth-order valence-corrected chi connectivity index (χ4v) is 3.18. The molecule has 0 saturated carbocycles. The zero-order chi connectivity index (χ0) is 15.6. The normalized spacial score (nSPS) is 10.5. The highest BCUT2D eigenvalue weighted by Crippen LogP contribution is 2.31. The first-order valence-electron chi connectivity index (χ1n) is 6.32. The van der Waals surface area contributed by atoms with E-state index < -0.39 is 0 Å². The SMILES string of the molecule is CN(C)c1ccc(CNc2cc(Cl)c(N)c(Cl)c2)cc1Br. The molecule has 0 aliphatic rings. The molecule has 0 aliphatic heterocycles. The first-order valence-corrected chi connectivity index (χ1v) is 7.87. The molecular weight excluding hydrogens is 373 g/mol. The molecule has 0 atom stereocenters. The lowest BCUT2D eigenvalue weighted by Gasteiger charge is -2.16. The lowest BCUT2D eigenvalue weighted by atomic mass is 10.2. The average Bonchev–Trinajstić information content (AvgIpc) is 2.42. The van der Waals surface area contributed by atoms with Gasteiger partial charge in [-0.05, 0) is 45.8 Å². The van der Waals surface area contributed by atoms with Crippen LogP contribution in [0, 0.1) is 0 Å². The van der Waals surface area contributed by atoms with Crippen molar-refractivity contribution < 1.29 is 0 Å². The molecule has 0 fully saturated rings. The van der Waals surface area contributed by atoms with E-state index in [0.717, 1.165) is 21.4 Å². The predicted octanol–water partition coefficient (Wildman–Crippen LogP) is 5.02. The monoisotopic (exact) mass is 387 g/mol. The zero-order valence-electron chi connectivity index (χ0n) is 11.8. The minimum absolute atomic E-state index is 0.405. The summed E-state index contributed by atoms with van der Waals surface area (Å²) in [7, 11) is 4.02. The summed E-state index contributed by atoms with van der Waals surface area (Å²) in [4.78, 5) is 2.06. The van der Waals surface area contributed by atoms with Crippen molar-refractivity contribution in [1.29, 1.82) is 0 Å². The molecule has 0 amide bonds. The summed E-state index contributed by atoms with van der Waals surface area (Å²) in [5, 5.41) is 4.19. The molecule has 21 heavy (non-hydrogen) atoms. The van der Waals surface area contributed by atoms with Gasteiger partial charge in [0.15, 0.2) is 0 Å². The smallest absolute Gasteiger partial charge is 0.0694 e. The number of nitrogens with two attached hydrogens (primary N) is 1. The van der Waals surface area contributed by atoms with Crippen molar-refractivity contribution in [3.8, 4) is 0 Å². The molecule has 0 aromatic heterocycles. The van der Waals surface area contributed by atoms with Crippen LogP contribution in [0.15, 0.2) is 34.8 Å². The van der Waals surface area contributed by atoms with Gasteiger partial charge in [0, 0.05) is 30.8 Å². The van der Waals surface area contributed by atoms with E-state index in [-0.39, 0.29) is 0 Å². The van der Waals surface area contributed by atoms with Crippen LogP contribution in [0.2, 0.25) is 10.0 Å². The number of nitrogen functional groups attached to an aromatic ring is 1. The molecule has 2 aromatic carbocycles. The summed E-state index contributed by atoms with van der Waals surface area (Å²) in [5.41, 5.74) is 9.25. The van der Waals surface area contributed by atoms with Crippen LogP contribution in [-0.4, -0.2) is 14.1 Å². The van der Waals surface area contributed by atoms with Gasteiger partial charge >= 0.3 is 0 Å². The Bertz CT molecular complexity index is 636. The fourth-order valence-electron chi connectivity index (χ4n) is 1.91. The maximum atomic E-state index is 6.02. The minimum atomic E-state index is 0.405. The van der Waals surface area contributed by atoms with Crippen molar-refractivity contribution in [2.75, 3.05) is 30.0 Å². The maximum absolute atomic E-state index is 6.02. The van der Waals surface area contributed by atoms with Crippen LogP contribution in [0.3, 0.4) is 0 Å². The van der Waals surface area contributed by atoms with Crippen LogP contribution in [0.25, 0.3) is 0 Å². The largest absolute Gasteiger partial charge is 0.396 e. The first-order chi connectivity index (χ1) is 9.88. The van der Waals surface area contributed by atoms with E-state index in [1.807, 2.05) is 14.1 Å². The Balaban J connectivity index is 2.12. The quantitative estimate of drug-likeness (QED) is 0.722. The van der Waals surface area contributed by atoms with Gasteiger partial charge in [0.25, 0.3) is 0 Å². The van der Waals surface area contributed by atoms with Crippen LogP contribution < -0.4 is 16.0 Å². The lowest BCUT2D eigenvalue weighted by Crippen LogP contribution is -2.09. The zero-order valence-corrected chi connectivity index (χ0v) is 14.9. The standard InChI is InChI=1S/C15H16BrCl2N3/c1-21(2)14-4-3-9(5-11(14)16)8-20-10-6-12(17)15(19)13(18)7-10/h3-7,20H,8,19H2,1-2H3. The number of hydrogen-bond acceptors (Lipinski definition) is 3. The van der Waals surface area contributed by atoms with Crippen molar-refractivity contribution in [2.45, 2.75) is 6.54 Å². The Kier molecular flexibility index (Phi) is 5.25. The van der Waals surface area contributed by atoms with Gasteiger partial charge in [-0.25, -0.2) is 0 Å². The second-order valence-electron chi connectivity index (χ2n) is 4.89. The molecule has 6 heteroatoms. The fraction of sp³-hybridized carbons (Fsp3) is 0.200. The van der Waals surface area contributed by atoms with Crippen LogP contribution in [0.1, 0.15) is 5.56 Å². The van der Waals surface area contributed by atoms with E-state index >= 15 is 0 Å². The molecule has 0 saturated heterocycles. The summed E-state index contributed by atoms with van der Waals surface area (Å²) in [6.07, 6.45) is 0. The highest BCUT2D eigenvalue weighted by Gasteiger charge is 2.06. The van der Waals surface area contributed by atoms with Crippen molar-refractivity contribution in [1.82, 2.24) is 0 Å². The third-order valence-corrected chi connectivity index (χ3v) is 4.33. The minimum Gasteiger partial charge on any atom is -0.396 e. The maximum Gasteiger partial charge on any atom is 0.0694 e. The molecule has 0 heterocycles. The third kappa shape index (κ3) is 3.96. The summed E-state index contributed by atoms with van der Waals surface area (Å²) < 4.78 is 1.06. The predicted molar refractivity (Wildman–Crippen MR) is 96.7 cm³/mol. The molecule has 0 radical (unpaired) electrons. The molecule has 0 bridgehead atoms. The third-order valence-electron chi connectivity index (χ3n) is 3.07. The Morgan fingerprint density at radius 3 is 2.29 bits per heavy atom. The van der Waals surface area contributed by atoms with Gasteiger partial charge < -0.3 is 16.0 Å². The lowest BCUT2D eigenvalue weighted by molar-refractivity contribution is 1.10. The molecule has 3 nitrogen and oxygen atoms in total. The van der Waals surface area contributed by atoms with Crippen molar-refractivity contribution in [2.24, 2.45) is 0 Å². The Morgan fingerprint density at radius 2 is 1.76 bits per heavy atom. The second-order valence-corrected chi connectivity index (χ2v) is 6.56. The van der Waals surface area contributed by atoms with E-state index in [4.69, 9.17) is 28.9 Å². The Morgan fingerprint density at radius 1 is 1.14 bits per heavy atom. The van der Waals surface area contributed by atoms with Gasteiger partial charge in [0.1, 0.15) is 0 Å². The van der Waals surface area contributed by atoms with Crippen LogP contribution >= 0.6 is 39.1 Å². The second kappa shape index (κ2) is 6.77. The van der Waals surface area contributed by atoms with Gasteiger partial charge in [0.2, 0.25) is 0 Å². The van der Waals surface area contributed by atoms with E-state index in [9.17, 15) is 0 Å². The van der Waals surface area contributed by atoms with Crippen molar-refractivity contribution in [3.05, 3.63) is 50.4 Å². The van der Waals surface area contributed by atoms with Crippen molar-refractivity contribution in [3.63, 3.8) is 0 Å². The van der Waals surface area contributed by atoms with E-state index in [1.54, 1.807) is 12.1 Å². The molecule has 0 spiro atoms. The first kappa shape index (κ1) is 16.3. The Labute approximate surface area is 143 Å². The average molecular weight is 389 g/mol. The molecule has 0 unspecified atom stereocenters. The molecular formula is C15H16BrCl2N3. The van der Waals surface area contributed by atoms with E-state index in [1.165, 1.54) is 0 Å². The molecule has 112 valence electrons. The summed E-state index contributed by atoms with van der Waals surface area (Å²) in [6, 6.07) is 9.78. The number of nitrogens with zero attached hydrogens (tertiary/aromatic N) is 1. The van der Waals surface area contributed by atoms with E-state index in [2.05, 4.69) is 44.3 Å². The molecule has 0 aliphatic carbocycles. The number of rotatable bonds is 4. The molecule has 2 aromatic rings. The highest BCUT2D eigenvalue weighted by atomic mass is 79.9. The van der Waals surface area contributed by atoms with Crippen LogP contribution in [0.5, 0.6) is 0 Å². The topological polar surface area (TPSA) is 41.3 Å². The summed E-state index contributed by atoms with van der Waals surface area (Å²) in [6.45, 7) is 0.670. The van der Waals surface area contributed by atoms with Gasteiger partial charge in [-0.3, -0.25) is 0 Å². The number of anilines is 3. The molecule has 2 rings (SSSR count). The van der Waals surface area contributed by atoms with E-state index in [0.29, 0.717) is 22.3 Å².